The van der Waals surface area contributed by atoms with Crippen molar-refractivity contribution in [2.24, 2.45) is 5.73 Å². The molecule has 28 heavy (non-hydrogen) atoms. The van der Waals surface area contributed by atoms with Gasteiger partial charge in [-0.05, 0) is 39.5 Å². The highest BCUT2D eigenvalue weighted by Gasteiger charge is 2.38. The highest BCUT2D eigenvalue weighted by Crippen LogP contribution is 2.35. The minimum absolute atomic E-state index is 0.326. The Morgan fingerprint density at radius 3 is 1.89 bits per heavy atom. The summed E-state index contributed by atoms with van der Waals surface area (Å²) in [5, 5.41) is 9.11. The number of aromatic nitrogens is 4. The van der Waals surface area contributed by atoms with E-state index in [1.807, 2.05) is 26.2 Å². The zero-order valence-corrected chi connectivity index (χ0v) is 16.4. The van der Waals surface area contributed by atoms with E-state index < -0.39 is 5.60 Å². The zero-order chi connectivity index (χ0) is 20.0. The third kappa shape index (κ3) is 4.17. The van der Waals surface area contributed by atoms with Gasteiger partial charge in [-0.2, -0.15) is 5.26 Å². The Labute approximate surface area is 165 Å². The molecule has 2 saturated heterocycles. The SMILES string of the molecule is Cc1ncc(C2(C#N)CCCO2)cn1.Cc1ncc(C2(CN)CCCO2)cn1. The van der Waals surface area contributed by atoms with Crippen LogP contribution in [0.5, 0.6) is 0 Å². The lowest BCUT2D eigenvalue weighted by atomic mass is 9.93. The molecular formula is C20H26N6O2. The van der Waals surface area contributed by atoms with E-state index in [1.54, 1.807) is 12.4 Å². The van der Waals surface area contributed by atoms with E-state index in [-0.39, 0.29) is 5.60 Å². The maximum absolute atomic E-state index is 9.11. The van der Waals surface area contributed by atoms with Crippen LogP contribution in [0.4, 0.5) is 0 Å². The average Bonchev–Trinajstić information content (AvgIpc) is 3.40. The number of nitriles is 1. The summed E-state index contributed by atoms with van der Waals surface area (Å²) >= 11 is 0. The van der Waals surface area contributed by atoms with Crippen molar-refractivity contribution in [2.45, 2.75) is 50.7 Å². The Morgan fingerprint density at radius 2 is 1.46 bits per heavy atom. The molecular weight excluding hydrogens is 356 g/mol. The van der Waals surface area contributed by atoms with E-state index in [0.29, 0.717) is 19.0 Å². The molecule has 0 aromatic carbocycles. The molecule has 2 aliphatic heterocycles. The molecule has 2 aromatic heterocycles. The van der Waals surface area contributed by atoms with Crippen molar-refractivity contribution < 1.29 is 9.47 Å². The van der Waals surface area contributed by atoms with E-state index in [9.17, 15) is 0 Å². The monoisotopic (exact) mass is 382 g/mol. The van der Waals surface area contributed by atoms with Gasteiger partial charge in [0.05, 0.1) is 0 Å². The third-order valence-electron chi connectivity index (χ3n) is 5.19. The van der Waals surface area contributed by atoms with Gasteiger partial charge in [-0.25, -0.2) is 19.9 Å². The van der Waals surface area contributed by atoms with Crippen LogP contribution in [0.1, 0.15) is 48.5 Å². The molecule has 8 nitrogen and oxygen atoms in total. The summed E-state index contributed by atoms with van der Waals surface area (Å²) in [4.78, 5) is 16.5. The largest absolute Gasteiger partial charge is 0.369 e. The van der Waals surface area contributed by atoms with Crippen LogP contribution in [-0.4, -0.2) is 39.7 Å². The number of aryl methyl sites for hydroxylation is 2. The Balaban J connectivity index is 0.000000161. The van der Waals surface area contributed by atoms with E-state index in [2.05, 4.69) is 26.0 Å². The van der Waals surface area contributed by atoms with E-state index >= 15 is 0 Å². The van der Waals surface area contributed by atoms with E-state index in [1.165, 1.54) is 0 Å². The summed E-state index contributed by atoms with van der Waals surface area (Å²) in [6.45, 7) is 5.61. The van der Waals surface area contributed by atoms with Crippen LogP contribution in [-0.2, 0) is 20.7 Å². The van der Waals surface area contributed by atoms with Gasteiger partial charge in [0.25, 0.3) is 0 Å². The molecule has 0 bridgehead atoms. The van der Waals surface area contributed by atoms with E-state index in [0.717, 1.165) is 49.2 Å². The predicted octanol–water partition coefficient (Wildman–Crippen LogP) is 2.06. The maximum atomic E-state index is 9.11. The lowest BCUT2D eigenvalue weighted by Crippen LogP contribution is -2.34. The molecule has 2 aromatic rings. The molecule has 2 unspecified atom stereocenters. The molecule has 8 heteroatoms. The molecule has 4 rings (SSSR count). The van der Waals surface area contributed by atoms with Crippen molar-refractivity contribution in [1.82, 2.24) is 19.9 Å². The van der Waals surface area contributed by atoms with Crippen molar-refractivity contribution >= 4 is 0 Å². The fourth-order valence-electron chi connectivity index (χ4n) is 3.45. The molecule has 0 saturated carbocycles. The molecule has 148 valence electrons. The number of nitrogens with zero attached hydrogens (tertiary/aromatic N) is 5. The van der Waals surface area contributed by atoms with Crippen LogP contribution in [0.2, 0.25) is 0 Å². The van der Waals surface area contributed by atoms with Crippen LogP contribution in [0, 0.1) is 25.2 Å². The van der Waals surface area contributed by atoms with Gasteiger partial charge in [-0.15, -0.1) is 0 Å². The molecule has 0 amide bonds. The highest BCUT2D eigenvalue weighted by atomic mass is 16.5. The Morgan fingerprint density at radius 1 is 0.929 bits per heavy atom. The second-order valence-electron chi connectivity index (χ2n) is 7.08. The fourth-order valence-corrected chi connectivity index (χ4v) is 3.45. The molecule has 2 aliphatic rings. The van der Waals surface area contributed by atoms with Gasteiger partial charge in [0, 0.05) is 55.7 Å². The number of hydrogen-bond donors (Lipinski definition) is 1. The summed E-state index contributed by atoms with van der Waals surface area (Å²) in [5.74, 6) is 1.48. The van der Waals surface area contributed by atoms with Gasteiger partial charge < -0.3 is 15.2 Å². The van der Waals surface area contributed by atoms with Crippen LogP contribution >= 0.6 is 0 Å². The van der Waals surface area contributed by atoms with Crippen LogP contribution < -0.4 is 5.73 Å². The predicted molar refractivity (Wildman–Crippen MR) is 102 cm³/mol. The summed E-state index contributed by atoms with van der Waals surface area (Å²) < 4.78 is 11.2. The summed E-state index contributed by atoms with van der Waals surface area (Å²) in [6.07, 6.45) is 10.7. The molecule has 2 N–H and O–H groups in total. The Kier molecular flexibility index (Phi) is 6.29. The first-order valence-electron chi connectivity index (χ1n) is 9.51. The zero-order valence-electron chi connectivity index (χ0n) is 16.4. The second kappa shape index (κ2) is 8.69. The minimum Gasteiger partial charge on any atom is -0.369 e. The second-order valence-corrected chi connectivity index (χ2v) is 7.08. The van der Waals surface area contributed by atoms with Crippen molar-refractivity contribution in [3.8, 4) is 6.07 Å². The standard InChI is InChI=1S/C10H15N3O.C10H11N3O/c2*1-8-12-5-9(6-13-8)10(7-11)3-2-4-14-10/h5-6H,2-4,7,11H2,1H3;5-6H,2-4H2,1H3. The lowest BCUT2D eigenvalue weighted by Gasteiger charge is -2.26. The van der Waals surface area contributed by atoms with Crippen LogP contribution in [0.25, 0.3) is 0 Å². The van der Waals surface area contributed by atoms with Gasteiger partial charge >= 0.3 is 0 Å². The molecule has 4 heterocycles. The van der Waals surface area contributed by atoms with Crippen LogP contribution in [0.15, 0.2) is 24.8 Å². The van der Waals surface area contributed by atoms with Crippen molar-refractivity contribution in [3.63, 3.8) is 0 Å². The number of hydrogen-bond acceptors (Lipinski definition) is 8. The molecule has 0 aliphatic carbocycles. The Bertz CT molecular complexity index is 804. The number of rotatable bonds is 3. The minimum atomic E-state index is -0.798. The smallest absolute Gasteiger partial charge is 0.182 e. The molecule has 0 spiro atoms. The summed E-state index contributed by atoms with van der Waals surface area (Å²) in [6, 6.07) is 2.21. The number of ether oxygens (including phenoxy) is 2. The quantitative estimate of drug-likeness (QED) is 0.856. The van der Waals surface area contributed by atoms with Crippen molar-refractivity contribution in [1.29, 1.82) is 5.26 Å². The fraction of sp³-hybridized carbons (Fsp3) is 0.550. The molecule has 2 fully saturated rings. The lowest BCUT2D eigenvalue weighted by molar-refractivity contribution is 0.00741. The molecule has 2 atom stereocenters. The summed E-state index contributed by atoms with van der Waals surface area (Å²) in [7, 11) is 0. The highest BCUT2D eigenvalue weighted by molar-refractivity contribution is 5.25. The van der Waals surface area contributed by atoms with Crippen molar-refractivity contribution in [2.75, 3.05) is 19.8 Å². The third-order valence-corrected chi connectivity index (χ3v) is 5.19. The van der Waals surface area contributed by atoms with E-state index in [4.69, 9.17) is 20.5 Å². The first-order valence-corrected chi connectivity index (χ1v) is 9.51. The van der Waals surface area contributed by atoms with Gasteiger partial charge in [-0.1, -0.05) is 0 Å². The van der Waals surface area contributed by atoms with Gasteiger partial charge in [0.15, 0.2) is 5.60 Å². The van der Waals surface area contributed by atoms with Gasteiger partial charge in [-0.3, -0.25) is 0 Å². The summed E-state index contributed by atoms with van der Waals surface area (Å²) in [5.41, 5.74) is 6.40. The average molecular weight is 382 g/mol. The molecule has 0 radical (unpaired) electrons. The van der Waals surface area contributed by atoms with Crippen molar-refractivity contribution in [3.05, 3.63) is 47.6 Å². The normalized spacial score (nSPS) is 26.4. The first-order chi connectivity index (χ1) is 13.5. The van der Waals surface area contributed by atoms with Gasteiger partial charge in [0.1, 0.15) is 23.3 Å². The maximum Gasteiger partial charge on any atom is 0.182 e. The van der Waals surface area contributed by atoms with Gasteiger partial charge in [0.2, 0.25) is 0 Å². The first kappa shape index (κ1) is 20.3. The Hall–Kier alpha value is -2.47. The number of nitrogens with two attached hydrogens (primary N) is 1. The van der Waals surface area contributed by atoms with Crippen LogP contribution in [0.3, 0.4) is 0 Å². The topological polar surface area (TPSA) is 120 Å².